The monoisotopic (exact) mass is 516 g/mol. The standard InChI is InChI=1S/C30H32N2O6/c1-4-6-14-38-24-12-10-22(15-19(24)3)28(34)26-27(21-9-11-23(33)25(16-21)37-5-2)32(30(36)29(26)35)18-20-8-7-13-31-17-20/h7-13,15-17,27,33-34H,4-6,14,18H2,1-3H3/b28-26+/t27-/m0/s1. The molecule has 0 aliphatic carbocycles. The van der Waals surface area contributed by atoms with Gasteiger partial charge in [0.15, 0.2) is 11.5 Å². The van der Waals surface area contributed by atoms with Crippen molar-refractivity contribution in [3.05, 3.63) is 88.8 Å². The Hall–Kier alpha value is -4.33. The first-order chi connectivity index (χ1) is 18.3. The fourth-order valence-electron chi connectivity index (χ4n) is 4.49. The van der Waals surface area contributed by atoms with Crippen LogP contribution in [0.1, 0.15) is 55.0 Å². The van der Waals surface area contributed by atoms with Gasteiger partial charge in [0.2, 0.25) is 0 Å². The maximum absolute atomic E-state index is 13.4. The number of hydrogen-bond donors (Lipinski definition) is 2. The summed E-state index contributed by atoms with van der Waals surface area (Å²) in [6.07, 6.45) is 5.19. The number of pyridine rings is 1. The number of aromatic hydroxyl groups is 1. The van der Waals surface area contributed by atoms with Gasteiger partial charge in [0.25, 0.3) is 11.7 Å². The number of unbranched alkanes of at least 4 members (excludes halogenated alkanes) is 1. The summed E-state index contributed by atoms with van der Waals surface area (Å²) in [5.74, 6) is -0.943. The molecule has 2 N–H and O–H groups in total. The van der Waals surface area contributed by atoms with Crippen LogP contribution in [0.15, 0.2) is 66.5 Å². The minimum absolute atomic E-state index is 0.0360. The van der Waals surface area contributed by atoms with Crippen LogP contribution in [0.4, 0.5) is 0 Å². The molecule has 198 valence electrons. The Bertz CT molecular complexity index is 1350. The third-order valence-corrected chi connectivity index (χ3v) is 6.42. The highest BCUT2D eigenvalue weighted by molar-refractivity contribution is 6.46. The Balaban J connectivity index is 1.81. The SMILES string of the molecule is CCCCOc1ccc(/C(O)=C2\C(=O)C(=O)N(Cc3cccnc3)[C@H]2c2ccc(O)c(OCC)c2)cc1C. The van der Waals surface area contributed by atoms with Gasteiger partial charge >= 0.3 is 0 Å². The van der Waals surface area contributed by atoms with Crippen molar-refractivity contribution >= 4 is 17.4 Å². The number of benzene rings is 2. The quantitative estimate of drug-likeness (QED) is 0.163. The second kappa shape index (κ2) is 11.8. The first-order valence-corrected chi connectivity index (χ1v) is 12.7. The third-order valence-electron chi connectivity index (χ3n) is 6.42. The number of rotatable bonds is 10. The van der Waals surface area contributed by atoms with Crippen molar-refractivity contribution in [3.63, 3.8) is 0 Å². The smallest absolute Gasteiger partial charge is 0.295 e. The summed E-state index contributed by atoms with van der Waals surface area (Å²) in [5, 5.41) is 21.7. The number of amides is 1. The van der Waals surface area contributed by atoms with Crippen molar-refractivity contribution in [3.8, 4) is 17.2 Å². The molecule has 1 aliphatic rings. The second-order valence-electron chi connectivity index (χ2n) is 9.13. The van der Waals surface area contributed by atoms with Crippen LogP contribution in [0.3, 0.4) is 0 Å². The predicted octanol–water partition coefficient (Wildman–Crippen LogP) is 5.30. The zero-order valence-corrected chi connectivity index (χ0v) is 21.8. The number of nitrogens with zero attached hydrogens (tertiary/aromatic N) is 2. The lowest BCUT2D eigenvalue weighted by Crippen LogP contribution is -2.29. The highest BCUT2D eigenvalue weighted by atomic mass is 16.5. The van der Waals surface area contributed by atoms with Crippen LogP contribution in [0.2, 0.25) is 0 Å². The molecule has 0 bridgehead atoms. The average Bonchev–Trinajstić information content (AvgIpc) is 3.16. The summed E-state index contributed by atoms with van der Waals surface area (Å²) < 4.78 is 11.4. The van der Waals surface area contributed by atoms with E-state index in [1.165, 1.54) is 11.0 Å². The first-order valence-electron chi connectivity index (χ1n) is 12.7. The zero-order chi connectivity index (χ0) is 27.2. The number of hydrogen-bond acceptors (Lipinski definition) is 7. The number of Topliss-reactive ketones (excluding diaryl/α,β-unsaturated/α-hetero) is 1. The fourth-order valence-corrected chi connectivity index (χ4v) is 4.49. The topological polar surface area (TPSA) is 109 Å². The molecule has 1 amide bonds. The summed E-state index contributed by atoms with van der Waals surface area (Å²) in [5.41, 5.74) is 2.42. The van der Waals surface area contributed by atoms with Gasteiger partial charge in [-0.3, -0.25) is 14.6 Å². The van der Waals surface area contributed by atoms with E-state index in [1.807, 2.05) is 13.0 Å². The van der Waals surface area contributed by atoms with Gasteiger partial charge in [-0.1, -0.05) is 25.5 Å². The fraction of sp³-hybridized carbons (Fsp3) is 0.300. The summed E-state index contributed by atoms with van der Waals surface area (Å²) in [6, 6.07) is 12.5. The molecule has 4 rings (SSSR count). The van der Waals surface area contributed by atoms with Gasteiger partial charge in [-0.05, 0) is 73.4 Å². The lowest BCUT2D eigenvalue weighted by Gasteiger charge is -2.26. The molecular weight excluding hydrogens is 484 g/mol. The van der Waals surface area contributed by atoms with Gasteiger partial charge in [0.05, 0.1) is 24.8 Å². The van der Waals surface area contributed by atoms with E-state index in [-0.39, 0.29) is 29.4 Å². The molecule has 2 heterocycles. The van der Waals surface area contributed by atoms with Crippen molar-refractivity contribution < 1.29 is 29.3 Å². The van der Waals surface area contributed by atoms with Gasteiger partial charge in [-0.15, -0.1) is 0 Å². The van der Waals surface area contributed by atoms with Crippen LogP contribution in [-0.2, 0) is 16.1 Å². The van der Waals surface area contributed by atoms with Crippen molar-refractivity contribution in [2.75, 3.05) is 13.2 Å². The van der Waals surface area contributed by atoms with Crippen LogP contribution < -0.4 is 9.47 Å². The second-order valence-corrected chi connectivity index (χ2v) is 9.13. The van der Waals surface area contributed by atoms with E-state index in [0.29, 0.717) is 30.1 Å². The Morgan fingerprint density at radius 3 is 2.55 bits per heavy atom. The summed E-state index contributed by atoms with van der Waals surface area (Å²) in [4.78, 5) is 32.2. The average molecular weight is 517 g/mol. The Labute approximate surface area is 222 Å². The van der Waals surface area contributed by atoms with Crippen LogP contribution in [0.5, 0.6) is 17.2 Å². The van der Waals surface area contributed by atoms with E-state index in [9.17, 15) is 19.8 Å². The number of ketones is 1. The number of phenols is 1. The van der Waals surface area contributed by atoms with Crippen molar-refractivity contribution in [1.82, 2.24) is 9.88 Å². The number of aromatic nitrogens is 1. The number of ether oxygens (including phenoxy) is 2. The summed E-state index contributed by atoms with van der Waals surface area (Å²) in [6.45, 7) is 6.75. The van der Waals surface area contributed by atoms with Crippen molar-refractivity contribution in [1.29, 1.82) is 0 Å². The van der Waals surface area contributed by atoms with E-state index in [1.54, 1.807) is 55.7 Å². The molecule has 1 fully saturated rings. The van der Waals surface area contributed by atoms with Gasteiger partial charge in [0, 0.05) is 24.5 Å². The summed E-state index contributed by atoms with van der Waals surface area (Å²) in [7, 11) is 0. The van der Waals surface area contributed by atoms with E-state index in [2.05, 4.69) is 11.9 Å². The molecule has 0 spiro atoms. The molecule has 1 atom stereocenters. The Morgan fingerprint density at radius 2 is 1.87 bits per heavy atom. The highest BCUT2D eigenvalue weighted by Crippen LogP contribution is 2.42. The van der Waals surface area contributed by atoms with Crippen LogP contribution >= 0.6 is 0 Å². The Morgan fingerprint density at radius 1 is 1.05 bits per heavy atom. The van der Waals surface area contributed by atoms with Gasteiger partial charge < -0.3 is 24.6 Å². The number of phenolic OH excluding ortho intramolecular Hbond substituents is 1. The van der Waals surface area contributed by atoms with Crippen LogP contribution in [-0.4, -0.2) is 45.0 Å². The minimum Gasteiger partial charge on any atom is -0.507 e. The van der Waals surface area contributed by atoms with Crippen LogP contribution in [0, 0.1) is 6.92 Å². The lowest BCUT2D eigenvalue weighted by molar-refractivity contribution is -0.140. The normalized spacial score (nSPS) is 16.6. The molecule has 8 heteroatoms. The largest absolute Gasteiger partial charge is 0.507 e. The van der Waals surface area contributed by atoms with Gasteiger partial charge in [-0.2, -0.15) is 0 Å². The minimum atomic E-state index is -0.907. The Kier molecular flexibility index (Phi) is 8.31. The van der Waals surface area contributed by atoms with Crippen molar-refractivity contribution in [2.24, 2.45) is 0 Å². The number of aliphatic hydroxyl groups is 1. The predicted molar refractivity (Wildman–Crippen MR) is 143 cm³/mol. The summed E-state index contributed by atoms with van der Waals surface area (Å²) >= 11 is 0. The number of carbonyl (C=O) groups excluding carboxylic acids is 2. The molecule has 38 heavy (non-hydrogen) atoms. The highest BCUT2D eigenvalue weighted by Gasteiger charge is 2.46. The number of aryl methyl sites for hydroxylation is 1. The van der Waals surface area contributed by atoms with E-state index in [0.717, 1.165) is 24.0 Å². The molecule has 1 aliphatic heterocycles. The molecule has 1 aromatic heterocycles. The molecule has 2 aromatic carbocycles. The molecule has 1 saturated heterocycles. The number of likely N-dealkylation sites (tertiary alicyclic amines) is 1. The van der Waals surface area contributed by atoms with Gasteiger partial charge in [0.1, 0.15) is 11.5 Å². The molecule has 8 nitrogen and oxygen atoms in total. The zero-order valence-electron chi connectivity index (χ0n) is 21.8. The molecule has 0 unspecified atom stereocenters. The van der Waals surface area contributed by atoms with E-state index >= 15 is 0 Å². The first kappa shape index (κ1) is 26.7. The number of aliphatic hydroxyl groups excluding tert-OH is 1. The maximum Gasteiger partial charge on any atom is 0.295 e. The van der Waals surface area contributed by atoms with Crippen LogP contribution in [0.25, 0.3) is 5.76 Å². The third kappa shape index (κ3) is 5.49. The van der Waals surface area contributed by atoms with E-state index in [4.69, 9.17) is 9.47 Å². The van der Waals surface area contributed by atoms with Crippen molar-refractivity contribution in [2.45, 2.75) is 46.2 Å². The molecule has 0 radical (unpaired) electrons. The number of carbonyl (C=O) groups is 2. The molecular formula is C30H32N2O6. The lowest BCUT2D eigenvalue weighted by atomic mass is 9.94. The molecule has 0 saturated carbocycles. The molecule has 3 aromatic rings. The van der Waals surface area contributed by atoms with E-state index < -0.39 is 17.7 Å². The maximum atomic E-state index is 13.4. The van der Waals surface area contributed by atoms with Gasteiger partial charge in [-0.25, -0.2) is 0 Å².